The van der Waals surface area contributed by atoms with Crippen LogP contribution in [0.5, 0.6) is 0 Å². The molecule has 0 bridgehead atoms. The summed E-state index contributed by atoms with van der Waals surface area (Å²) in [5.41, 5.74) is -0.0274. The van der Waals surface area contributed by atoms with E-state index in [9.17, 15) is 0 Å². The molecule has 2 aliphatic heterocycles. The predicted octanol–water partition coefficient (Wildman–Crippen LogP) is 1.61. The lowest BCUT2D eigenvalue weighted by Crippen LogP contribution is -2.52. The molecule has 0 aromatic rings. The van der Waals surface area contributed by atoms with Gasteiger partial charge in [0.25, 0.3) is 0 Å². The average Bonchev–Trinajstić information content (AvgIpc) is 3.03. The van der Waals surface area contributed by atoms with Crippen LogP contribution < -0.4 is 0 Å². The van der Waals surface area contributed by atoms with E-state index in [1.165, 1.54) is 12.8 Å². The summed E-state index contributed by atoms with van der Waals surface area (Å²) >= 11 is 0. The maximum atomic E-state index is 6.18. The second kappa shape index (κ2) is 3.72. The smallest absolute Gasteiger partial charge is 0.109 e. The van der Waals surface area contributed by atoms with Gasteiger partial charge in [-0.25, -0.2) is 0 Å². The molecule has 0 aromatic heterocycles. The van der Waals surface area contributed by atoms with Gasteiger partial charge in [0.2, 0.25) is 0 Å². The zero-order valence-corrected chi connectivity index (χ0v) is 9.41. The summed E-state index contributed by atoms with van der Waals surface area (Å²) in [4.78, 5) is 0. The van der Waals surface area contributed by atoms with Crippen molar-refractivity contribution >= 4 is 0 Å². The van der Waals surface area contributed by atoms with Gasteiger partial charge in [0.15, 0.2) is 0 Å². The largest absolute Gasteiger partial charge is 0.379 e. The summed E-state index contributed by atoms with van der Waals surface area (Å²) in [6.45, 7) is 2.48. The van der Waals surface area contributed by atoms with E-state index in [2.05, 4.69) is 0 Å². The Morgan fingerprint density at radius 2 is 2.13 bits per heavy atom. The molecule has 3 nitrogen and oxygen atoms in total. The van der Waals surface area contributed by atoms with Crippen LogP contribution in [0.4, 0.5) is 0 Å². The molecular formula is C12H20O3. The van der Waals surface area contributed by atoms with Crippen LogP contribution >= 0.6 is 0 Å². The normalized spacial score (nSPS) is 49.8. The Labute approximate surface area is 91.1 Å². The quantitative estimate of drug-likeness (QED) is 0.661. The van der Waals surface area contributed by atoms with E-state index in [4.69, 9.17) is 14.2 Å². The lowest BCUT2D eigenvalue weighted by molar-refractivity contribution is -0.194. The van der Waals surface area contributed by atoms with Gasteiger partial charge >= 0.3 is 0 Å². The Kier molecular flexibility index (Phi) is 2.49. The summed E-state index contributed by atoms with van der Waals surface area (Å²) in [6.07, 6.45) is 5.03. The molecule has 86 valence electrons. The second-order valence-corrected chi connectivity index (χ2v) is 5.22. The molecule has 0 aromatic carbocycles. The summed E-state index contributed by atoms with van der Waals surface area (Å²) in [5.74, 6) is 1.80. The Bertz CT molecular complexity index is 229. The topological polar surface area (TPSA) is 27.7 Å². The monoisotopic (exact) mass is 212 g/mol. The van der Waals surface area contributed by atoms with Gasteiger partial charge in [-0.1, -0.05) is 0 Å². The zero-order valence-electron chi connectivity index (χ0n) is 9.41. The Hall–Kier alpha value is -0.120. The van der Waals surface area contributed by atoms with Crippen molar-refractivity contribution in [3.8, 4) is 0 Å². The fraction of sp³-hybridized carbons (Fsp3) is 1.00. The summed E-state index contributed by atoms with van der Waals surface area (Å²) < 4.78 is 17.2. The van der Waals surface area contributed by atoms with Crippen molar-refractivity contribution in [2.24, 2.45) is 11.8 Å². The van der Waals surface area contributed by atoms with E-state index < -0.39 is 0 Å². The lowest BCUT2D eigenvalue weighted by atomic mass is 9.86. The summed E-state index contributed by atoms with van der Waals surface area (Å²) in [7, 11) is 1.77. The molecule has 15 heavy (non-hydrogen) atoms. The molecule has 0 amide bonds. The van der Waals surface area contributed by atoms with E-state index >= 15 is 0 Å². The summed E-state index contributed by atoms with van der Waals surface area (Å²) in [5, 5.41) is 0. The SMILES string of the molecule is CO[C@@H]1COCC[C@]12CC[C@@H]1C[C@H]1CO2. The maximum Gasteiger partial charge on any atom is 0.109 e. The van der Waals surface area contributed by atoms with E-state index in [0.29, 0.717) is 6.61 Å². The first-order valence-electron chi connectivity index (χ1n) is 6.08. The van der Waals surface area contributed by atoms with Gasteiger partial charge in [0.1, 0.15) is 6.10 Å². The number of fused-ring (bicyclic) bond motifs is 1. The highest BCUT2D eigenvalue weighted by Crippen LogP contribution is 2.49. The van der Waals surface area contributed by atoms with Crippen LogP contribution in [0.2, 0.25) is 0 Å². The number of ether oxygens (including phenoxy) is 3. The number of methoxy groups -OCH3 is 1. The van der Waals surface area contributed by atoms with E-state index in [1.807, 2.05) is 0 Å². The van der Waals surface area contributed by atoms with E-state index in [-0.39, 0.29) is 11.7 Å². The van der Waals surface area contributed by atoms with Gasteiger partial charge in [-0.2, -0.15) is 0 Å². The van der Waals surface area contributed by atoms with Crippen molar-refractivity contribution in [1.82, 2.24) is 0 Å². The molecule has 1 saturated carbocycles. The van der Waals surface area contributed by atoms with Gasteiger partial charge < -0.3 is 14.2 Å². The Morgan fingerprint density at radius 3 is 3.00 bits per heavy atom. The van der Waals surface area contributed by atoms with Crippen LogP contribution in [0.15, 0.2) is 0 Å². The van der Waals surface area contributed by atoms with Gasteiger partial charge in [-0.3, -0.25) is 0 Å². The highest BCUT2D eigenvalue weighted by Gasteiger charge is 2.49. The molecule has 3 rings (SSSR count). The molecule has 4 atom stereocenters. The van der Waals surface area contributed by atoms with Crippen LogP contribution in [0.1, 0.15) is 25.7 Å². The fourth-order valence-electron chi connectivity index (χ4n) is 3.12. The Balaban J connectivity index is 1.74. The third-order valence-electron chi connectivity index (χ3n) is 4.40. The minimum Gasteiger partial charge on any atom is -0.379 e. The minimum absolute atomic E-state index is 0.0274. The average molecular weight is 212 g/mol. The first-order valence-corrected chi connectivity index (χ1v) is 6.08. The van der Waals surface area contributed by atoms with Crippen LogP contribution in [0.3, 0.4) is 0 Å². The molecule has 0 radical (unpaired) electrons. The third-order valence-corrected chi connectivity index (χ3v) is 4.40. The molecule has 2 saturated heterocycles. The fourth-order valence-corrected chi connectivity index (χ4v) is 3.12. The molecule has 2 heterocycles. The van der Waals surface area contributed by atoms with Gasteiger partial charge in [0, 0.05) is 20.1 Å². The van der Waals surface area contributed by atoms with Crippen molar-refractivity contribution in [1.29, 1.82) is 0 Å². The van der Waals surface area contributed by atoms with Crippen LogP contribution in [0, 0.1) is 11.8 Å². The third kappa shape index (κ3) is 1.71. The van der Waals surface area contributed by atoms with Gasteiger partial charge in [0.05, 0.1) is 18.8 Å². The number of hydrogen-bond acceptors (Lipinski definition) is 3. The number of rotatable bonds is 1. The predicted molar refractivity (Wildman–Crippen MR) is 55.7 cm³/mol. The highest BCUT2D eigenvalue weighted by molar-refractivity contribution is 4.99. The van der Waals surface area contributed by atoms with Crippen molar-refractivity contribution in [3.05, 3.63) is 0 Å². The number of hydrogen-bond donors (Lipinski definition) is 0. The lowest BCUT2D eigenvalue weighted by Gasteiger charge is -2.42. The van der Waals surface area contributed by atoms with E-state index in [1.54, 1.807) is 7.11 Å². The second-order valence-electron chi connectivity index (χ2n) is 5.22. The highest BCUT2D eigenvalue weighted by atomic mass is 16.6. The zero-order chi connectivity index (χ0) is 10.3. The molecule has 3 aliphatic rings. The molecule has 0 N–H and O–H groups in total. The molecule has 3 heteroatoms. The molecule has 1 aliphatic carbocycles. The molecule has 0 unspecified atom stereocenters. The van der Waals surface area contributed by atoms with Crippen LogP contribution in [0.25, 0.3) is 0 Å². The van der Waals surface area contributed by atoms with Gasteiger partial charge in [-0.05, 0) is 31.1 Å². The molecule has 3 fully saturated rings. The maximum absolute atomic E-state index is 6.18. The Morgan fingerprint density at radius 1 is 1.20 bits per heavy atom. The summed E-state index contributed by atoms with van der Waals surface area (Å²) in [6, 6.07) is 0. The first kappa shape index (κ1) is 10.1. The minimum atomic E-state index is -0.0274. The van der Waals surface area contributed by atoms with E-state index in [0.717, 1.165) is 37.9 Å². The van der Waals surface area contributed by atoms with Crippen molar-refractivity contribution in [2.45, 2.75) is 37.4 Å². The van der Waals surface area contributed by atoms with Crippen molar-refractivity contribution < 1.29 is 14.2 Å². The standard InChI is InChI=1S/C12H20O3/c1-13-11-8-14-5-4-12(11)3-2-9-6-10(9)7-15-12/h9-11H,2-8H2,1H3/t9-,10+,11-,12-/m1/s1. The van der Waals surface area contributed by atoms with Crippen LogP contribution in [-0.4, -0.2) is 38.6 Å². The first-order chi connectivity index (χ1) is 7.34. The van der Waals surface area contributed by atoms with Crippen molar-refractivity contribution in [2.75, 3.05) is 26.9 Å². The molecular weight excluding hydrogens is 192 g/mol. The van der Waals surface area contributed by atoms with Crippen molar-refractivity contribution in [3.63, 3.8) is 0 Å². The van der Waals surface area contributed by atoms with Crippen LogP contribution in [-0.2, 0) is 14.2 Å². The van der Waals surface area contributed by atoms with Gasteiger partial charge in [-0.15, -0.1) is 0 Å². The molecule has 1 spiro atoms.